The molecule has 0 aliphatic heterocycles. The number of nitrogens with zero attached hydrogens (tertiary/aromatic N) is 2. The molecule has 1 aromatic heterocycles. The first kappa shape index (κ1) is 12.3. The van der Waals surface area contributed by atoms with Crippen LogP contribution in [-0.2, 0) is 13.5 Å². The second kappa shape index (κ2) is 4.98. The minimum atomic E-state index is 0.786. The van der Waals surface area contributed by atoms with Crippen molar-refractivity contribution in [3.63, 3.8) is 0 Å². The fourth-order valence-electron chi connectivity index (χ4n) is 2.82. The summed E-state index contributed by atoms with van der Waals surface area (Å²) in [5, 5.41) is 7.91. The summed E-state index contributed by atoms with van der Waals surface area (Å²) in [5.41, 5.74) is 7.90. The number of aromatic nitrogens is 2. The van der Waals surface area contributed by atoms with Gasteiger partial charge in [-0.3, -0.25) is 4.68 Å². The third-order valence-corrected chi connectivity index (χ3v) is 4.07. The molecule has 1 aliphatic carbocycles. The second-order valence-corrected chi connectivity index (χ2v) is 5.24. The fraction of sp³-hybridized carbons (Fsp3) is 0.769. The Labute approximate surface area is 104 Å². The van der Waals surface area contributed by atoms with E-state index in [9.17, 15) is 0 Å². The maximum atomic E-state index is 6.09. The van der Waals surface area contributed by atoms with Crippen LogP contribution in [0.3, 0.4) is 0 Å². The van der Waals surface area contributed by atoms with Crippen LogP contribution in [0.4, 0.5) is 11.5 Å². The van der Waals surface area contributed by atoms with E-state index < -0.39 is 0 Å². The van der Waals surface area contributed by atoms with Gasteiger partial charge in [-0.05, 0) is 24.7 Å². The van der Waals surface area contributed by atoms with Crippen LogP contribution in [0.2, 0.25) is 0 Å². The molecule has 2 rings (SSSR count). The Hall–Kier alpha value is -1.19. The van der Waals surface area contributed by atoms with Gasteiger partial charge in [0.05, 0.1) is 11.4 Å². The van der Waals surface area contributed by atoms with Crippen molar-refractivity contribution in [2.75, 3.05) is 17.6 Å². The Morgan fingerprint density at radius 2 is 2.24 bits per heavy atom. The van der Waals surface area contributed by atoms with Crippen molar-refractivity contribution >= 4 is 11.5 Å². The molecule has 4 nitrogen and oxygen atoms in total. The number of anilines is 2. The molecular weight excluding hydrogens is 212 g/mol. The van der Waals surface area contributed by atoms with E-state index in [4.69, 9.17) is 5.73 Å². The van der Waals surface area contributed by atoms with Gasteiger partial charge in [-0.2, -0.15) is 5.10 Å². The molecular formula is C13H24N4. The number of nitrogen functional groups attached to an aromatic ring is 1. The molecule has 2 atom stereocenters. The van der Waals surface area contributed by atoms with Crippen molar-refractivity contribution in [3.8, 4) is 0 Å². The molecule has 4 heteroatoms. The lowest BCUT2D eigenvalue weighted by atomic mass is 9.98. The first-order valence-electron chi connectivity index (χ1n) is 6.68. The zero-order valence-electron chi connectivity index (χ0n) is 11.2. The van der Waals surface area contributed by atoms with Crippen LogP contribution < -0.4 is 11.1 Å². The largest absolute Gasteiger partial charge is 0.394 e. The van der Waals surface area contributed by atoms with E-state index in [0.29, 0.717) is 0 Å². The summed E-state index contributed by atoms with van der Waals surface area (Å²) in [6.07, 6.45) is 4.97. The van der Waals surface area contributed by atoms with E-state index in [-0.39, 0.29) is 0 Å². The lowest BCUT2D eigenvalue weighted by Gasteiger charge is -2.17. The van der Waals surface area contributed by atoms with Crippen LogP contribution in [0.5, 0.6) is 0 Å². The van der Waals surface area contributed by atoms with E-state index in [0.717, 1.165) is 42.0 Å². The average Bonchev–Trinajstić information content (AvgIpc) is 2.82. The summed E-state index contributed by atoms with van der Waals surface area (Å²) in [6.45, 7) is 5.46. The van der Waals surface area contributed by atoms with Gasteiger partial charge >= 0.3 is 0 Å². The highest BCUT2D eigenvalue weighted by molar-refractivity contribution is 5.65. The third kappa shape index (κ3) is 2.40. The van der Waals surface area contributed by atoms with Gasteiger partial charge in [0.2, 0.25) is 0 Å². The molecule has 1 aromatic rings. The molecule has 1 heterocycles. The number of hydrogen-bond donors (Lipinski definition) is 2. The van der Waals surface area contributed by atoms with Gasteiger partial charge in [-0.15, -0.1) is 0 Å². The smallest absolute Gasteiger partial charge is 0.147 e. The molecule has 1 saturated carbocycles. The summed E-state index contributed by atoms with van der Waals surface area (Å²) in [7, 11) is 1.95. The van der Waals surface area contributed by atoms with Gasteiger partial charge in [0.15, 0.2) is 0 Å². The third-order valence-electron chi connectivity index (χ3n) is 4.07. The highest BCUT2D eigenvalue weighted by Crippen LogP contribution is 2.32. The minimum Gasteiger partial charge on any atom is -0.394 e. The molecule has 2 unspecified atom stereocenters. The van der Waals surface area contributed by atoms with Gasteiger partial charge in [0, 0.05) is 13.6 Å². The van der Waals surface area contributed by atoms with Crippen LogP contribution in [0.25, 0.3) is 0 Å². The van der Waals surface area contributed by atoms with E-state index in [1.807, 2.05) is 11.7 Å². The molecule has 0 saturated heterocycles. The topological polar surface area (TPSA) is 55.9 Å². The number of nitrogens with one attached hydrogen (secondary N) is 1. The molecule has 0 amide bonds. The zero-order chi connectivity index (χ0) is 12.4. The summed E-state index contributed by atoms with van der Waals surface area (Å²) >= 11 is 0. The molecule has 1 aliphatic rings. The normalized spacial score (nSPS) is 24.2. The standard InChI is InChI=1S/C13H24N4/c1-4-11-12(14)13(17(3)16-11)15-8-10-7-5-6-9(10)2/h9-10,15H,4-8,14H2,1-3H3. The van der Waals surface area contributed by atoms with Gasteiger partial charge in [0.1, 0.15) is 5.82 Å². The second-order valence-electron chi connectivity index (χ2n) is 5.24. The van der Waals surface area contributed by atoms with E-state index in [2.05, 4.69) is 24.3 Å². The lowest BCUT2D eigenvalue weighted by Crippen LogP contribution is -2.18. The Balaban J connectivity index is 2.01. The Kier molecular flexibility index (Phi) is 3.60. The van der Waals surface area contributed by atoms with Gasteiger partial charge in [0.25, 0.3) is 0 Å². The highest BCUT2D eigenvalue weighted by atomic mass is 15.3. The summed E-state index contributed by atoms with van der Waals surface area (Å²) < 4.78 is 1.87. The lowest BCUT2D eigenvalue weighted by molar-refractivity contribution is 0.438. The predicted molar refractivity (Wildman–Crippen MR) is 72.0 cm³/mol. The zero-order valence-corrected chi connectivity index (χ0v) is 11.2. The van der Waals surface area contributed by atoms with Crippen molar-refractivity contribution in [2.45, 2.75) is 39.5 Å². The number of nitrogens with two attached hydrogens (primary N) is 1. The van der Waals surface area contributed by atoms with Crippen molar-refractivity contribution < 1.29 is 0 Å². The van der Waals surface area contributed by atoms with Crippen LogP contribution in [0, 0.1) is 11.8 Å². The van der Waals surface area contributed by atoms with E-state index in [1.54, 1.807) is 0 Å². The van der Waals surface area contributed by atoms with Gasteiger partial charge in [-0.1, -0.05) is 26.7 Å². The maximum absolute atomic E-state index is 6.09. The minimum absolute atomic E-state index is 0.786. The summed E-state index contributed by atoms with van der Waals surface area (Å²) in [4.78, 5) is 0. The average molecular weight is 236 g/mol. The molecule has 0 spiro atoms. The van der Waals surface area contributed by atoms with E-state index in [1.165, 1.54) is 19.3 Å². The van der Waals surface area contributed by atoms with Crippen LogP contribution in [-0.4, -0.2) is 16.3 Å². The highest BCUT2D eigenvalue weighted by Gasteiger charge is 2.23. The first-order chi connectivity index (χ1) is 8.13. The molecule has 1 fully saturated rings. The van der Waals surface area contributed by atoms with Crippen LogP contribution in [0.15, 0.2) is 0 Å². The quantitative estimate of drug-likeness (QED) is 0.844. The van der Waals surface area contributed by atoms with Crippen molar-refractivity contribution in [3.05, 3.63) is 5.69 Å². The number of aryl methyl sites for hydroxylation is 2. The SMILES string of the molecule is CCc1nn(C)c(NCC2CCCC2C)c1N. The number of hydrogen-bond acceptors (Lipinski definition) is 3. The van der Waals surface area contributed by atoms with E-state index >= 15 is 0 Å². The Morgan fingerprint density at radius 3 is 2.76 bits per heavy atom. The fourth-order valence-corrected chi connectivity index (χ4v) is 2.82. The molecule has 17 heavy (non-hydrogen) atoms. The first-order valence-corrected chi connectivity index (χ1v) is 6.68. The molecule has 0 aromatic carbocycles. The Morgan fingerprint density at radius 1 is 1.47 bits per heavy atom. The number of rotatable bonds is 4. The molecule has 3 N–H and O–H groups in total. The monoisotopic (exact) mass is 236 g/mol. The predicted octanol–water partition coefficient (Wildman–Crippen LogP) is 2.41. The van der Waals surface area contributed by atoms with Crippen molar-refractivity contribution in [2.24, 2.45) is 18.9 Å². The van der Waals surface area contributed by atoms with Crippen molar-refractivity contribution in [1.82, 2.24) is 9.78 Å². The molecule has 0 bridgehead atoms. The Bertz CT molecular complexity index is 383. The summed E-state index contributed by atoms with van der Waals surface area (Å²) in [6, 6.07) is 0. The molecule has 96 valence electrons. The van der Waals surface area contributed by atoms with Crippen LogP contribution in [0.1, 0.15) is 38.8 Å². The molecule has 0 radical (unpaired) electrons. The maximum Gasteiger partial charge on any atom is 0.147 e. The van der Waals surface area contributed by atoms with Crippen molar-refractivity contribution in [1.29, 1.82) is 0 Å². The van der Waals surface area contributed by atoms with Gasteiger partial charge in [-0.25, -0.2) is 0 Å². The van der Waals surface area contributed by atoms with Crippen LogP contribution >= 0.6 is 0 Å². The summed E-state index contributed by atoms with van der Waals surface area (Å²) in [5.74, 6) is 2.61. The van der Waals surface area contributed by atoms with Gasteiger partial charge < -0.3 is 11.1 Å².